The second-order valence-electron chi connectivity index (χ2n) is 7.11. The molecule has 0 aromatic rings. The molecule has 146 valence electrons. The van der Waals surface area contributed by atoms with Crippen LogP contribution in [-0.4, -0.2) is 61.2 Å². The lowest BCUT2D eigenvalue weighted by Gasteiger charge is -2.25. The van der Waals surface area contributed by atoms with Crippen LogP contribution in [0.15, 0.2) is 24.3 Å². The molecule has 0 aromatic carbocycles. The largest absolute Gasteiger partial charge is 0.306 e. The molecule has 1 saturated heterocycles. The van der Waals surface area contributed by atoms with E-state index in [-0.39, 0.29) is 12.1 Å². The molecule has 25 heavy (non-hydrogen) atoms. The highest BCUT2D eigenvalue weighted by molar-refractivity contribution is 5.03. The first-order valence-electron chi connectivity index (χ1n) is 9.77. The quantitative estimate of drug-likeness (QED) is 0.366. The number of rotatable bonds is 13. The van der Waals surface area contributed by atoms with Gasteiger partial charge in [-0.15, -0.1) is 0 Å². The van der Waals surface area contributed by atoms with Crippen LogP contribution in [0.3, 0.4) is 0 Å². The Morgan fingerprint density at radius 2 is 1.88 bits per heavy atom. The number of unbranched alkanes of at least 4 members (excludes halogenated alkanes) is 3. The van der Waals surface area contributed by atoms with Crippen LogP contribution in [0.5, 0.6) is 0 Å². The van der Waals surface area contributed by atoms with Crippen LogP contribution < -0.4 is 0 Å². The first-order valence-corrected chi connectivity index (χ1v) is 9.77. The van der Waals surface area contributed by atoms with Gasteiger partial charge in [0.2, 0.25) is 0 Å². The van der Waals surface area contributed by atoms with Crippen LogP contribution in [0, 0.1) is 0 Å². The smallest absolute Gasteiger partial charge is 0.121 e. The van der Waals surface area contributed by atoms with Crippen molar-refractivity contribution >= 4 is 0 Å². The molecule has 0 spiro atoms. The fraction of sp³-hybridized carbons (Fsp3) is 0.800. The SMILES string of the molecule is C=C(C)[C@H]1ON(OC)N(CCCC/C=C\CCCN(C)CCC)[C@H]1C. The second-order valence-corrected chi connectivity index (χ2v) is 7.11. The van der Waals surface area contributed by atoms with Crippen molar-refractivity contribution < 1.29 is 9.68 Å². The van der Waals surface area contributed by atoms with Gasteiger partial charge in [-0.1, -0.05) is 25.7 Å². The second kappa shape index (κ2) is 12.6. The minimum Gasteiger partial charge on any atom is -0.306 e. The van der Waals surface area contributed by atoms with Crippen molar-refractivity contribution in [2.45, 2.75) is 71.4 Å². The van der Waals surface area contributed by atoms with Crippen LogP contribution in [-0.2, 0) is 9.68 Å². The van der Waals surface area contributed by atoms with E-state index in [1.54, 1.807) is 7.11 Å². The highest BCUT2D eigenvalue weighted by atomic mass is 17.0. The Morgan fingerprint density at radius 1 is 1.20 bits per heavy atom. The van der Waals surface area contributed by atoms with Gasteiger partial charge in [0.05, 0.1) is 13.2 Å². The molecule has 1 fully saturated rings. The summed E-state index contributed by atoms with van der Waals surface area (Å²) < 4.78 is 0. The molecular weight excluding hydrogens is 314 g/mol. The van der Waals surface area contributed by atoms with Crippen molar-refractivity contribution in [3.05, 3.63) is 24.3 Å². The fourth-order valence-corrected chi connectivity index (χ4v) is 3.23. The van der Waals surface area contributed by atoms with Crippen LogP contribution in [0.2, 0.25) is 0 Å². The maximum atomic E-state index is 5.78. The minimum absolute atomic E-state index is 0.00526. The van der Waals surface area contributed by atoms with E-state index in [4.69, 9.17) is 9.68 Å². The average molecular weight is 354 g/mol. The average Bonchev–Trinajstić information content (AvgIpc) is 2.90. The Kier molecular flexibility index (Phi) is 11.3. The molecule has 0 bridgehead atoms. The number of hydrazine groups is 1. The zero-order chi connectivity index (χ0) is 18.7. The maximum absolute atomic E-state index is 5.78. The van der Waals surface area contributed by atoms with E-state index in [2.05, 4.69) is 49.5 Å². The molecule has 2 atom stereocenters. The molecular formula is C20H39N3O2. The van der Waals surface area contributed by atoms with Gasteiger partial charge in [-0.3, -0.25) is 9.68 Å². The van der Waals surface area contributed by atoms with Gasteiger partial charge in [-0.05, 0) is 78.1 Å². The van der Waals surface area contributed by atoms with Crippen molar-refractivity contribution in [3.63, 3.8) is 0 Å². The van der Waals surface area contributed by atoms with E-state index in [0.29, 0.717) is 0 Å². The highest BCUT2D eigenvalue weighted by Crippen LogP contribution is 2.26. The zero-order valence-corrected chi connectivity index (χ0v) is 17.0. The van der Waals surface area contributed by atoms with E-state index in [1.807, 2.05) is 6.92 Å². The normalized spacial score (nSPS) is 22.5. The third kappa shape index (κ3) is 8.01. The number of hydrogen-bond acceptors (Lipinski definition) is 5. The van der Waals surface area contributed by atoms with Crippen molar-refractivity contribution in [3.8, 4) is 0 Å². The monoisotopic (exact) mass is 353 g/mol. The van der Waals surface area contributed by atoms with Crippen LogP contribution in [0.25, 0.3) is 0 Å². The summed E-state index contributed by atoms with van der Waals surface area (Å²) in [5.74, 6) is 0. The molecule has 0 aromatic heterocycles. The Hall–Kier alpha value is -0.720. The summed E-state index contributed by atoms with van der Waals surface area (Å²) in [6.45, 7) is 13.7. The van der Waals surface area contributed by atoms with Gasteiger partial charge in [0.1, 0.15) is 6.10 Å². The summed E-state index contributed by atoms with van der Waals surface area (Å²) in [7, 11) is 3.85. The lowest BCUT2D eigenvalue weighted by atomic mass is 10.1. The van der Waals surface area contributed by atoms with Gasteiger partial charge < -0.3 is 4.90 Å². The molecule has 0 saturated carbocycles. The Labute approximate surface area is 155 Å². The lowest BCUT2D eigenvalue weighted by molar-refractivity contribution is -0.419. The maximum Gasteiger partial charge on any atom is 0.121 e. The van der Waals surface area contributed by atoms with E-state index >= 15 is 0 Å². The molecule has 1 heterocycles. The first kappa shape index (κ1) is 22.3. The topological polar surface area (TPSA) is 28.2 Å². The summed E-state index contributed by atoms with van der Waals surface area (Å²) >= 11 is 0. The standard InChI is InChI=1S/C20H39N3O2/c1-7-15-21(5)16-13-11-9-8-10-12-14-17-22-19(4)20(18(2)3)25-23(22)24-6/h8-9,19-20H,2,7,10-17H2,1,3-6H3/b9-8-/t19-,20+/m0/s1. The Balaban J connectivity index is 2.14. The third-order valence-electron chi connectivity index (χ3n) is 4.65. The van der Waals surface area contributed by atoms with Gasteiger partial charge in [0, 0.05) is 11.9 Å². The van der Waals surface area contributed by atoms with E-state index in [1.165, 1.54) is 44.1 Å². The van der Waals surface area contributed by atoms with E-state index < -0.39 is 0 Å². The van der Waals surface area contributed by atoms with Crippen LogP contribution in [0.4, 0.5) is 0 Å². The van der Waals surface area contributed by atoms with E-state index in [9.17, 15) is 0 Å². The third-order valence-corrected chi connectivity index (χ3v) is 4.65. The number of allylic oxidation sites excluding steroid dienone is 2. The predicted octanol–water partition coefficient (Wildman–Crippen LogP) is 4.19. The predicted molar refractivity (Wildman–Crippen MR) is 105 cm³/mol. The summed E-state index contributed by atoms with van der Waals surface area (Å²) in [5, 5.41) is 3.67. The molecule has 1 aliphatic heterocycles. The molecule has 0 aliphatic carbocycles. The molecule has 1 rings (SSSR count). The zero-order valence-electron chi connectivity index (χ0n) is 17.0. The Bertz CT molecular complexity index is 400. The van der Waals surface area contributed by atoms with Gasteiger partial charge in [-0.25, -0.2) is 0 Å². The summed E-state index contributed by atoms with van der Waals surface area (Å²) in [6, 6.07) is 0.258. The summed E-state index contributed by atoms with van der Waals surface area (Å²) in [5.41, 5.74) is 1.03. The summed E-state index contributed by atoms with van der Waals surface area (Å²) in [4.78, 5) is 13.5. The fourth-order valence-electron chi connectivity index (χ4n) is 3.23. The molecule has 5 nitrogen and oxygen atoms in total. The number of nitrogens with zero attached hydrogens (tertiary/aromatic N) is 3. The van der Waals surface area contributed by atoms with Gasteiger partial charge in [0.25, 0.3) is 0 Å². The van der Waals surface area contributed by atoms with Gasteiger partial charge in [-0.2, -0.15) is 5.01 Å². The molecule has 0 N–H and O–H groups in total. The molecule has 0 amide bonds. The van der Waals surface area contributed by atoms with E-state index in [0.717, 1.165) is 25.0 Å². The van der Waals surface area contributed by atoms with Crippen molar-refractivity contribution in [1.82, 2.24) is 15.2 Å². The van der Waals surface area contributed by atoms with Crippen molar-refractivity contribution in [1.29, 1.82) is 0 Å². The van der Waals surface area contributed by atoms with Crippen molar-refractivity contribution in [2.24, 2.45) is 0 Å². The first-order chi connectivity index (χ1) is 12.0. The van der Waals surface area contributed by atoms with Crippen LogP contribution >= 0.6 is 0 Å². The Morgan fingerprint density at radius 3 is 2.48 bits per heavy atom. The minimum atomic E-state index is 0.00526. The van der Waals surface area contributed by atoms with Crippen LogP contribution in [0.1, 0.15) is 59.3 Å². The van der Waals surface area contributed by atoms with Crippen molar-refractivity contribution in [2.75, 3.05) is 33.8 Å². The number of hydrogen-bond donors (Lipinski definition) is 0. The molecule has 1 aliphatic rings. The van der Waals surface area contributed by atoms with Gasteiger partial charge >= 0.3 is 0 Å². The summed E-state index contributed by atoms with van der Waals surface area (Å²) in [6.07, 6.45) is 11.8. The lowest BCUT2D eigenvalue weighted by Crippen LogP contribution is -2.40. The molecule has 5 heteroatoms. The molecule has 0 unspecified atom stereocenters. The molecule has 0 radical (unpaired) electrons. The van der Waals surface area contributed by atoms with Gasteiger partial charge in [0.15, 0.2) is 0 Å². The highest BCUT2D eigenvalue weighted by Gasteiger charge is 2.39.